The molecule has 1 aliphatic heterocycles. The highest BCUT2D eigenvalue weighted by molar-refractivity contribution is 5.84. The molecule has 2 N–H and O–H groups in total. The van der Waals surface area contributed by atoms with Crippen LogP contribution in [0.25, 0.3) is 11.1 Å². The highest BCUT2D eigenvalue weighted by atomic mass is 16.2. The van der Waals surface area contributed by atoms with Gasteiger partial charge in [0.25, 0.3) is 0 Å². The Labute approximate surface area is 189 Å². The van der Waals surface area contributed by atoms with Crippen LogP contribution < -0.4 is 5.73 Å². The summed E-state index contributed by atoms with van der Waals surface area (Å²) in [4.78, 5) is 31.6. The van der Waals surface area contributed by atoms with Crippen molar-refractivity contribution in [1.29, 1.82) is 0 Å². The monoisotopic (exact) mass is 427 g/mol. The third kappa shape index (κ3) is 5.05. The molecule has 5 nitrogen and oxygen atoms in total. The molecule has 3 aromatic rings. The molecule has 0 spiro atoms. The SMILES string of the molecule is NC(=O)[C@@]1(Cc2cccc(-c3cccnc3)c2)CCCN(C(=O)CCc2ccccc2)C1. The Morgan fingerprint density at radius 1 is 0.969 bits per heavy atom. The first-order valence-corrected chi connectivity index (χ1v) is 11.2. The summed E-state index contributed by atoms with van der Waals surface area (Å²) in [5, 5.41) is 0. The van der Waals surface area contributed by atoms with E-state index in [1.165, 1.54) is 0 Å². The molecule has 1 saturated heterocycles. The number of hydrogen-bond donors (Lipinski definition) is 1. The second-order valence-corrected chi connectivity index (χ2v) is 8.67. The number of primary amides is 1. The molecule has 2 aromatic carbocycles. The van der Waals surface area contributed by atoms with Gasteiger partial charge in [0.2, 0.25) is 11.8 Å². The lowest BCUT2D eigenvalue weighted by Gasteiger charge is -2.41. The zero-order valence-corrected chi connectivity index (χ0v) is 18.2. The minimum absolute atomic E-state index is 0.0864. The summed E-state index contributed by atoms with van der Waals surface area (Å²) in [6, 6.07) is 22.1. The summed E-state index contributed by atoms with van der Waals surface area (Å²) in [5.74, 6) is -0.242. The number of hydrogen-bond acceptors (Lipinski definition) is 3. The van der Waals surface area contributed by atoms with Crippen molar-refractivity contribution in [2.45, 2.75) is 32.1 Å². The number of rotatable bonds is 7. The van der Waals surface area contributed by atoms with Gasteiger partial charge in [0.05, 0.1) is 5.41 Å². The van der Waals surface area contributed by atoms with Crippen LogP contribution in [0, 0.1) is 5.41 Å². The number of aryl methyl sites for hydroxylation is 1. The molecule has 0 radical (unpaired) electrons. The first-order chi connectivity index (χ1) is 15.6. The van der Waals surface area contributed by atoms with Crippen LogP contribution in [-0.2, 0) is 22.4 Å². The maximum atomic E-state index is 12.9. The number of carbonyl (C=O) groups excluding carboxylic acids is 2. The Morgan fingerprint density at radius 3 is 2.50 bits per heavy atom. The molecular formula is C27H29N3O2. The molecule has 2 amide bonds. The highest BCUT2D eigenvalue weighted by Gasteiger charge is 2.42. The summed E-state index contributed by atoms with van der Waals surface area (Å²) >= 11 is 0. The molecule has 2 heterocycles. The van der Waals surface area contributed by atoms with Crippen molar-refractivity contribution >= 4 is 11.8 Å². The van der Waals surface area contributed by atoms with Gasteiger partial charge >= 0.3 is 0 Å². The van der Waals surface area contributed by atoms with E-state index >= 15 is 0 Å². The van der Waals surface area contributed by atoms with E-state index in [-0.39, 0.29) is 11.8 Å². The van der Waals surface area contributed by atoms with Crippen molar-refractivity contribution in [2.75, 3.05) is 13.1 Å². The summed E-state index contributed by atoms with van der Waals surface area (Å²) in [7, 11) is 0. The van der Waals surface area contributed by atoms with E-state index in [1.807, 2.05) is 71.8 Å². The molecule has 1 atom stereocenters. The lowest BCUT2D eigenvalue weighted by molar-refractivity contribution is -0.139. The zero-order valence-electron chi connectivity index (χ0n) is 18.2. The van der Waals surface area contributed by atoms with Gasteiger partial charge in [-0.1, -0.05) is 60.7 Å². The van der Waals surface area contributed by atoms with Crippen LogP contribution in [0.1, 0.15) is 30.4 Å². The predicted octanol–water partition coefficient (Wildman–Crippen LogP) is 4.02. The number of likely N-dealkylation sites (tertiary alicyclic amines) is 1. The first kappa shape index (κ1) is 21.8. The van der Waals surface area contributed by atoms with E-state index in [2.05, 4.69) is 11.1 Å². The fraction of sp³-hybridized carbons (Fsp3) is 0.296. The van der Waals surface area contributed by atoms with Crippen LogP contribution in [0.4, 0.5) is 0 Å². The van der Waals surface area contributed by atoms with Crippen LogP contribution in [0.3, 0.4) is 0 Å². The lowest BCUT2D eigenvalue weighted by Crippen LogP contribution is -2.53. The lowest BCUT2D eigenvalue weighted by atomic mass is 9.74. The van der Waals surface area contributed by atoms with Gasteiger partial charge in [-0.2, -0.15) is 0 Å². The molecule has 1 fully saturated rings. The van der Waals surface area contributed by atoms with Crippen molar-refractivity contribution in [2.24, 2.45) is 11.1 Å². The molecule has 0 aliphatic carbocycles. The highest BCUT2D eigenvalue weighted by Crippen LogP contribution is 2.35. The van der Waals surface area contributed by atoms with Crippen LogP contribution in [0.5, 0.6) is 0 Å². The van der Waals surface area contributed by atoms with E-state index in [1.54, 1.807) is 6.20 Å². The van der Waals surface area contributed by atoms with E-state index in [0.717, 1.165) is 28.7 Å². The molecule has 164 valence electrons. The van der Waals surface area contributed by atoms with Crippen LogP contribution in [-0.4, -0.2) is 34.8 Å². The molecule has 5 heteroatoms. The summed E-state index contributed by atoms with van der Waals surface area (Å²) in [6.45, 7) is 1.06. The number of pyridine rings is 1. The third-order valence-corrected chi connectivity index (χ3v) is 6.39. The molecule has 0 bridgehead atoms. The molecule has 1 aliphatic rings. The van der Waals surface area contributed by atoms with Gasteiger partial charge in [-0.25, -0.2) is 0 Å². The van der Waals surface area contributed by atoms with Crippen molar-refractivity contribution in [1.82, 2.24) is 9.88 Å². The normalized spacial score (nSPS) is 18.3. The van der Waals surface area contributed by atoms with E-state index in [9.17, 15) is 9.59 Å². The second kappa shape index (κ2) is 9.77. The number of nitrogens with two attached hydrogens (primary N) is 1. The Hall–Kier alpha value is -3.47. The Morgan fingerprint density at radius 2 is 1.75 bits per heavy atom. The summed E-state index contributed by atoms with van der Waals surface area (Å²) in [5.41, 5.74) is 9.48. The summed E-state index contributed by atoms with van der Waals surface area (Å²) in [6.07, 6.45) is 6.73. The van der Waals surface area contributed by atoms with Crippen molar-refractivity contribution in [3.63, 3.8) is 0 Å². The van der Waals surface area contributed by atoms with E-state index < -0.39 is 5.41 Å². The van der Waals surface area contributed by atoms with Gasteiger partial charge < -0.3 is 10.6 Å². The smallest absolute Gasteiger partial charge is 0.225 e. The van der Waals surface area contributed by atoms with Gasteiger partial charge in [0, 0.05) is 31.9 Å². The topological polar surface area (TPSA) is 76.3 Å². The number of nitrogens with zero attached hydrogens (tertiary/aromatic N) is 2. The van der Waals surface area contributed by atoms with Gasteiger partial charge in [0.15, 0.2) is 0 Å². The number of piperidine rings is 1. The Balaban J connectivity index is 1.48. The first-order valence-electron chi connectivity index (χ1n) is 11.2. The fourth-order valence-electron chi connectivity index (χ4n) is 4.62. The Kier molecular flexibility index (Phi) is 6.64. The molecule has 4 rings (SSSR count). The third-order valence-electron chi connectivity index (χ3n) is 6.39. The van der Waals surface area contributed by atoms with Crippen LogP contribution in [0.2, 0.25) is 0 Å². The summed E-state index contributed by atoms with van der Waals surface area (Å²) < 4.78 is 0. The van der Waals surface area contributed by atoms with Gasteiger partial charge in [-0.15, -0.1) is 0 Å². The maximum Gasteiger partial charge on any atom is 0.225 e. The minimum atomic E-state index is -0.742. The van der Waals surface area contributed by atoms with Gasteiger partial charge in [-0.05, 0) is 54.0 Å². The maximum absolute atomic E-state index is 12.9. The molecule has 0 unspecified atom stereocenters. The van der Waals surface area contributed by atoms with Crippen molar-refractivity contribution in [3.8, 4) is 11.1 Å². The zero-order chi connectivity index (χ0) is 22.4. The van der Waals surface area contributed by atoms with E-state index in [4.69, 9.17) is 5.73 Å². The number of aromatic nitrogens is 1. The largest absolute Gasteiger partial charge is 0.369 e. The van der Waals surface area contributed by atoms with Crippen molar-refractivity contribution < 1.29 is 9.59 Å². The Bertz CT molecular complexity index is 1070. The second-order valence-electron chi connectivity index (χ2n) is 8.67. The average Bonchev–Trinajstić information content (AvgIpc) is 2.84. The number of benzene rings is 2. The molecule has 1 aromatic heterocycles. The van der Waals surface area contributed by atoms with E-state index in [0.29, 0.717) is 38.8 Å². The molecular weight excluding hydrogens is 398 g/mol. The standard InChI is InChI=1S/C27H29N3O2/c28-26(32)27(18-22-9-4-10-23(17-22)24-11-5-15-29-19-24)14-6-16-30(20-27)25(31)13-12-21-7-2-1-3-8-21/h1-5,7-11,15,17,19H,6,12-14,16,18,20H2,(H2,28,32)/t27-/m1/s1. The fourth-order valence-corrected chi connectivity index (χ4v) is 4.62. The van der Waals surface area contributed by atoms with Crippen LogP contribution in [0.15, 0.2) is 79.1 Å². The molecule has 0 saturated carbocycles. The van der Waals surface area contributed by atoms with Gasteiger partial charge in [-0.3, -0.25) is 14.6 Å². The minimum Gasteiger partial charge on any atom is -0.369 e. The quantitative estimate of drug-likeness (QED) is 0.619. The van der Waals surface area contributed by atoms with Gasteiger partial charge in [0.1, 0.15) is 0 Å². The predicted molar refractivity (Wildman–Crippen MR) is 126 cm³/mol. The van der Waals surface area contributed by atoms with Crippen molar-refractivity contribution in [3.05, 3.63) is 90.3 Å². The number of carbonyl (C=O) groups is 2. The average molecular weight is 428 g/mol. The molecule has 32 heavy (non-hydrogen) atoms. The number of amides is 2. The van der Waals surface area contributed by atoms with Crippen LogP contribution >= 0.6 is 0 Å².